The van der Waals surface area contributed by atoms with Gasteiger partial charge in [0.05, 0.1) is 5.03 Å². The van der Waals surface area contributed by atoms with Crippen molar-refractivity contribution >= 4 is 11.8 Å². The van der Waals surface area contributed by atoms with E-state index in [-0.39, 0.29) is 0 Å². The minimum atomic E-state index is 1.10. The van der Waals surface area contributed by atoms with Crippen molar-refractivity contribution in [1.29, 1.82) is 0 Å². The highest BCUT2D eigenvalue weighted by Crippen LogP contribution is 2.16. The highest BCUT2D eigenvalue weighted by molar-refractivity contribution is 7.99. The van der Waals surface area contributed by atoms with E-state index in [1.165, 1.54) is 44.3 Å². The molecule has 0 radical (unpaired) electrons. The Labute approximate surface area is 96.9 Å². The van der Waals surface area contributed by atoms with Gasteiger partial charge in [0.2, 0.25) is 0 Å². The summed E-state index contributed by atoms with van der Waals surface area (Å²) in [5, 5.41) is 1.10. The molecule has 1 rings (SSSR count). The van der Waals surface area contributed by atoms with Gasteiger partial charge in [0.1, 0.15) is 6.33 Å². The topological polar surface area (TPSA) is 25.8 Å². The Hall–Kier alpha value is -0.570. The van der Waals surface area contributed by atoms with E-state index in [1.54, 1.807) is 12.5 Å². The highest BCUT2D eigenvalue weighted by Gasteiger charge is 1.94. The van der Waals surface area contributed by atoms with Crippen LogP contribution in [0.4, 0.5) is 0 Å². The molecule has 0 aromatic carbocycles. The molecule has 1 heterocycles. The van der Waals surface area contributed by atoms with Crippen LogP contribution in [-0.2, 0) is 0 Å². The zero-order valence-electron chi connectivity index (χ0n) is 9.48. The van der Waals surface area contributed by atoms with Crippen LogP contribution in [0, 0.1) is 0 Å². The standard InChI is InChI=1S/C12H20N2S/c1-2-3-4-5-6-7-10-15-12-8-9-13-11-14-12/h8-9,11H,2-7,10H2,1H3. The third-order valence-corrected chi connectivity index (χ3v) is 3.33. The Bertz CT molecular complexity index is 239. The lowest BCUT2D eigenvalue weighted by atomic mass is 10.1. The van der Waals surface area contributed by atoms with Gasteiger partial charge in [-0.05, 0) is 18.2 Å². The smallest absolute Gasteiger partial charge is 0.116 e. The SMILES string of the molecule is CCCCCCCCSc1ccncn1. The number of rotatable bonds is 8. The van der Waals surface area contributed by atoms with Crippen LogP contribution in [0.1, 0.15) is 45.4 Å². The molecule has 0 bridgehead atoms. The summed E-state index contributed by atoms with van der Waals surface area (Å²) < 4.78 is 0. The number of hydrogen-bond donors (Lipinski definition) is 0. The van der Waals surface area contributed by atoms with Crippen molar-refractivity contribution in [2.24, 2.45) is 0 Å². The van der Waals surface area contributed by atoms with Crippen molar-refractivity contribution in [1.82, 2.24) is 9.97 Å². The molecular weight excluding hydrogens is 204 g/mol. The molecule has 84 valence electrons. The molecule has 0 aliphatic carbocycles. The van der Waals surface area contributed by atoms with E-state index in [0.29, 0.717) is 0 Å². The first-order valence-corrected chi connectivity index (χ1v) is 6.81. The molecule has 0 saturated carbocycles. The quantitative estimate of drug-likeness (QED) is 0.380. The number of thioether (sulfide) groups is 1. The molecule has 0 N–H and O–H groups in total. The van der Waals surface area contributed by atoms with Crippen LogP contribution in [0.5, 0.6) is 0 Å². The van der Waals surface area contributed by atoms with Gasteiger partial charge in [-0.3, -0.25) is 0 Å². The fraction of sp³-hybridized carbons (Fsp3) is 0.667. The largest absolute Gasteiger partial charge is 0.245 e. The molecule has 0 saturated heterocycles. The first-order valence-electron chi connectivity index (χ1n) is 5.82. The number of unbranched alkanes of at least 4 members (excludes halogenated alkanes) is 5. The van der Waals surface area contributed by atoms with E-state index in [2.05, 4.69) is 16.9 Å². The minimum absolute atomic E-state index is 1.10. The normalized spacial score (nSPS) is 10.5. The Balaban J connectivity index is 1.93. The summed E-state index contributed by atoms with van der Waals surface area (Å²) in [6.45, 7) is 2.25. The molecule has 2 nitrogen and oxygen atoms in total. The average molecular weight is 224 g/mol. The maximum absolute atomic E-state index is 4.18. The zero-order valence-corrected chi connectivity index (χ0v) is 10.3. The van der Waals surface area contributed by atoms with Crippen molar-refractivity contribution < 1.29 is 0 Å². The highest BCUT2D eigenvalue weighted by atomic mass is 32.2. The molecule has 0 fully saturated rings. The molecule has 0 aliphatic rings. The monoisotopic (exact) mass is 224 g/mol. The van der Waals surface area contributed by atoms with E-state index in [4.69, 9.17) is 0 Å². The first-order chi connectivity index (χ1) is 7.43. The Morgan fingerprint density at radius 3 is 2.67 bits per heavy atom. The van der Waals surface area contributed by atoms with Gasteiger partial charge in [-0.2, -0.15) is 0 Å². The van der Waals surface area contributed by atoms with Crippen LogP contribution in [0.3, 0.4) is 0 Å². The molecule has 0 unspecified atom stereocenters. The molecular formula is C12H20N2S. The lowest BCUT2D eigenvalue weighted by molar-refractivity contribution is 0.627. The minimum Gasteiger partial charge on any atom is -0.245 e. The van der Waals surface area contributed by atoms with E-state index in [9.17, 15) is 0 Å². The zero-order chi connectivity index (χ0) is 10.8. The predicted octanol–water partition coefficient (Wildman–Crippen LogP) is 3.93. The van der Waals surface area contributed by atoms with Crippen LogP contribution >= 0.6 is 11.8 Å². The molecule has 1 aromatic heterocycles. The van der Waals surface area contributed by atoms with Crippen LogP contribution in [0.2, 0.25) is 0 Å². The Morgan fingerprint density at radius 1 is 1.13 bits per heavy atom. The maximum Gasteiger partial charge on any atom is 0.116 e. The van der Waals surface area contributed by atoms with Crippen molar-refractivity contribution in [3.63, 3.8) is 0 Å². The summed E-state index contributed by atoms with van der Waals surface area (Å²) in [5.41, 5.74) is 0. The lowest BCUT2D eigenvalue weighted by Crippen LogP contribution is -1.85. The van der Waals surface area contributed by atoms with Gasteiger partial charge in [0.15, 0.2) is 0 Å². The van der Waals surface area contributed by atoms with E-state index >= 15 is 0 Å². The van der Waals surface area contributed by atoms with Crippen molar-refractivity contribution in [3.05, 3.63) is 18.6 Å². The van der Waals surface area contributed by atoms with E-state index < -0.39 is 0 Å². The fourth-order valence-electron chi connectivity index (χ4n) is 1.42. The van der Waals surface area contributed by atoms with Crippen molar-refractivity contribution in [3.8, 4) is 0 Å². The molecule has 0 aliphatic heterocycles. The van der Waals surface area contributed by atoms with Crippen LogP contribution in [0.15, 0.2) is 23.6 Å². The predicted molar refractivity (Wildman–Crippen MR) is 66.1 cm³/mol. The second-order valence-electron chi connectivity index (χ2n) is 3.66. The van der Waals surface area contributed by atoms with E-state index in [1.807, 2.05) is 17.8 Å². The van der Waals surface area contributed by atoms with Crippen LogP contribution < -0.4 is 0 Å². The van der Waals surface area contributed by atoms with Crippen molar-refractivity contribution in [2.75, 3.05) is 5.75 Å². The Morgan fingerprint density at radius 2 is 1.93 bits per heavy atom. The average Bonchev–Trinajstić information content (AvgIpc) is 2.29. The Kier molecular flexibility index (Phi) is 7.26. The third-order valence-electron chi connectivity index (χ3n) is 2.30. The van der Waals surface area contributed by atoms with Gasteiger partial charge >= 0.3 is 0 Å². The summed E-state index contributed by atoms with van der Waals surface area (Å²) >= 11 is 1.83. The van der Waals surface area contributed by atoms with Crippen LogP contribution in [-0.4, -0.2) is 15.7 Å². The second kappa shape index (κ2) is 8.72. The second-order valence-corrected chi connectivity index (χ2v) is 4.78. The van der Waals surface area contributed by atoms with Gasteiger partial charge in [-0.15, -0.1) is 11.8 Å². The number of nitrogens with zero attached hydrogens (tertiary/aromatic N) is 2. The van der Waals surface area contributed by atoms with Crippen LogP contribution in [0.25, 0.3) is 0 Å². The van der Waals surface area contributed by atoms with Crippen molar-refractivity contribution in [2.45, 2.75) is 50.5 Å². The lowest BCUT2D eigenvalue weighted by Gasteiger charge is -2.00. The fourth-order valence-corrected chi connectivity index (χ4v) is 2.26. The number of hydrogen-bond acceptors (Lipinski definition) is 3. The first kappa shape index (κ1) is 12.5. The van der Waals surface area contributed by atoms with Gasteiger partial charge in [0.25, 0.3) is 0 Å². The summed E-state index contributed by atoms with van der Waals surface area (Å²) in [6, 6.07) is 1.97. The van der Waals surface area contributed by atoms with Gasteiger partial charge in [-0.25, -0.2) is 9.97 Å². The summed E-state index contributed by atoms with van der Waals surface area (Å²) in [4.78, 5) is 8.08. The number of aromatic nitrogens is 2. The maximum atomic E-state index is 4.18. The summed E-state index contributed by atoms with van der Waals surface area (Å²) in [7, 11) is 0. The summed E-state index contributed by atoms with van der Waals surface area (Å²) in [5.74, 6) is 1.18. The molecule has 0 spiro atoms. The third kappa shape index (κ3) is 6.50. The molecule has 0 atom stereocenters. The molecule has 0 amide bonds. The van der Waals surface area contributed by atoms with Gasteiger partial charge < -0.3 is 0 Å². The molecule has 3 heteroatoms. The molecule has 15 heavy (non-hydrogen) atoms. The molecule has 1 aromatic rings. The summed E-state index contributed by atoms with van der Waals surface area (Å²) in [6.07, 6.45) is 11.6. The van der Waals surface area contributed by atoms with E-state index in [0.717, 1.165) is 5.03 Å². The van der Waals surface area contributed by atoms with Gasteiger partial charge in [-0.1, -0.05) is 39.0 Å². The van der Waals surface area contributed by atoms with Gasteiger partial charge in [0, 0.05) is 6.20 Å².